The summed E-state index contributed by atoms with van der Waals surface area (Å²) in [4.78, 5) is 10.3. The summed E-state index contributed by atoms with van der Waals surface area (Å²) in [6, 6.07) is 1.01. The third-order valence-electron chi connectivity index (χ3n) is 2.20. The Bertz CT molecular complexity index is 606. The van der Waals surface area contributed by atoms with Gasteiger partial charge in [0, 0.05) is 12.5 Å². The first-order valence-electron chi connectivity index (χ1n) is 5.18. The Labute approximate surface area is 115 Å². The molecular weight excluding hydrogens is 297 g/mol. The molecule has 0 aliphatic heterocycles. The van der Waals surface area contributed by atoms with Crippen molar-refractivity contribution in [1.82, 2.24) is 4.72 Å². The Hall–Kier alpha value is -1.38. The predicted molar refractivity (Wildman–Crippen MR) is 69.4 cm³/mol. The second-order valence-electron chi connectivity index (χ2n) is 4.00. The summed E-state index contributed by atoms with van der Waals surface area (Å²) in [5.74, 6) is -1.46. The molecule has 0 saturated carbocycles. The predicted octanol–water partition coefficient (Wildman–Crippen LogP) is 0.604. The molecule has 106 valence electrons. The van der Waals surface area contributed by atoms with Gasteiger partial charge in [-0.3, -0.25) is 4.79 Å². The largest absolute Gasteiger partial charge is 0.396 e. The average molecular weight is 310 g/mol. The van der Waals surface area contributed by atoms with Gasteiger partial charge >= 0.3 is 0 Å². The molecule has 1 aromatic rings. The highest BCUT2D eigenvalue weighted by Gasteiger charge is 2.22. The Morgan fingerprint density at radius 3 is 2.63 bits per heavy atom. The highest BCUT2D eigenvalue weighted by atomic mass is 35.5. The van der Waals surface area contributed by atoms with Crippen LogP contribution in [0.1, 0.15) is 13.3 Å². The first-order valence-corrected chi connectivity index (χ1v) is 7.04. The number of amides is 1. The van der Waals surface area contributed by atoms with Crippen molar-refractivity contribution in [1.29, 1.82) is 0 Å². The van der Waals surface area contributed by atoms with Crippen molar-refractivity contribution in [2.45, 2.75) is 24.3 Å². The molecule has 0 saturated heterocycles. The first-order chi connectivity index (χ1) is 8.63. The number of anilines is 1. The molecule has 0 fully saturated rings. The van der Waals surface area contributed by atoms with E-state index in [1.54, 1.807) is 0 Å². The number of nitrogens with one attached hydrogen (secondary N) is 1. The van der Waals surface area contributed by atoms with Crippen molar-refractivity contribution < 1.29 is 17.6 Å². The van der Waals surface area contributed by atoms with E-state index in [9.17, 15) is 17.6 Å². The molecule has 0 aliphatic carbocycles. The number of hydrogen-bond donors (Lipinski definition) is 3. The third-order valence-corrected chi connectivity index (χ3v) is 4.26. The van der Waals surface area contributed by atoms with Crippen molar-refractivity contribution in [3.05, 3.63) is 23.0 Å². The van der Waals surface area contributed by atoms with Gasteiger partial charge in [-0.1, -0.05) is 11.6 Å². The van der Waals surface area contributed by atoms with Gasteiger partial charge in [0.05, 0.1) is 10.7 Å². The monoisotopic (exact) mass is 309 g/mol. The lowest BCUT2D eigenvalue weighted by molar-refractivity contribution is -0.118. The molecule has 1 unspecified atom stereocenters. The fourth-order valence-electron chi connectivity index (χ4n) is 1.42. The Kier molecular flexibility index (Phi) is 4.72. The van der Waals surface area contributed by atoms with Gasteiger partial charge in [-0.05, 0) is 19.1 Å². The summed E-state index contributed by atoms with van der Waals surface area (Å²) >= 11 is 5.67. The topological polar surface area (TPSA) is 115 Å². The number of halogens is 2. The van der Waals surface area contributed by atoms with E-state index in [0.717, 1.165) is 12.1 Å². The van der Waals surface area contributed by atoms with E-state index in [0.29, 0.717) is 0 Å². The molecule has 1 amide bonds. The summed E-state index contributed by atoms with van der Waals surface area (Å²) in [7, 11) is -4.01. The minimum atomic E-state index is -4.01. The van der Waals surface area contributed by atoms with Gasteiger partial charge in [0.2, 0.25) is 15.9 Å². The van der Waals surface area contributed by atoms with Crippen molar-refractivity contribution >= 4 is 33.2 Å². The summed E-state index contributed by atoms with van der Waals surface area (Å²) < 4.78 is 39.3. The molecule has 0 aliphatic rings. The van der Waals surface area contributed by atoms with Crippen LogP contribution in [0.2, 0.25) is 5.02 Å². The lowest BCUT2D eigenvalue weighted by atomic mass is 10.2. The molecule has 0 heterocycles. The van der Waals surface area contributed by atoms with E-state index in [-0.39, 0.29) is 22.0 Å². The fraction of sp³-hybridized carbons (Fsp3) is 0.300. The summed E-state index contributed by atoms with van der Waals surface area (Å²) in [6.45, 7) is 1.46. The van der Waals surface area contributed by atoms with Crippen LogP contribution in [0.25, 0.3) is 0 Å². The van der Waals surface area contributed by atoms with Crippen molar-refractivity contribution in [2.24, 2.45) is 5.73 Å². The normalized spacial score (nSPS) is 13.2. The van der Waals surface area contributed by atoms with Crippen LogP contribution in [0.4, 0.5) is 10.1 Å². The van der Waals surface area contributed by atoms with Crippen LogP contribution in [-0.2, 0) is 14.8 Å². The van der Waals surface area contributed by atoms with Crippen LogP contribution < -0.4 is 16.2 Å². The van der Waals surface area contributed by atoms with E-state index in [4.69, 9.17) is 23.1 Å². The highest BCUT2D eigenvalue weighted by molar-refractivity contribution is 7.89. The molecule has 0 radical (unpaired) electrons. The minimum absolute atomic E-state index is 0.173. The van der Waals surface area contributed by atoms with Gasteiger partial charge in [0.25, 0.3) is 0 Å². The quantitative estimate of drug-likeness (QED) is 0.691. The summed E-state index contributed by atoms with van der Waals surface area (Å²) in [6.07, 6.45) is -0.173. The molecule has 0 aromatic heterocycles. The number of benzene rings is 1. The van der Waals surface area contributed by atoms with Gasteiger partial charge in [-0.25, -0.2) is 17.5 Å². The number of sulfonamides is 1. The standard InChI is InChI=1S/C10H13ClFN3O3S/c1-5(2-10(14)16)15-19(17,18)9-4-8(13)7(12)3-6(9)11/h3-5,15H,2,13H2,1H3,(H2,14,16). The zero-order chi connectivity index (χ0) is 14.8. The first kappa shape index (κ1) is 15.7. The molecule has 9 heteroatoms. The fourth-order valence-corrected chi connectivity index (χ4v) is 3.22. The number of hydrogen-bond acceptors (Lipinski definition) is 4. The van der Waals surface area contributed by atoms with Gasteiger partial charge < -0.3 is 11.5 Å². The van der Waals surface area contributed by atoms with Crippen LogP contribution in [0, 0.1) is 5.82 Å². The van der Waals surface area contributed by atoms with Crippen LogP contribution >= 0.6 is 11.6 Å². The number of carbonyl (C=O) groups is 1. The number of nitrogens with two attached hydrogens (primary N) is 2. The molecule has 5 N–H and O–H groups in total. The van der Waals surface area contributed by atoms with Crippen LogP contribution in [0.5, 0.6) is 0 Å². The van der Waals surface area contributed by atoms with Crippen molar-refractivity contribution in [3.63, 3.8) is 0 Å². The smallest absolute Gasteiger partial charge is 0.242 e. The average Bonchev–Trinajstić information content (AvgIpc) is 2.20. The SMILES string of the molecule is CC(CC(N)=O)NS(=O)(=O)c1cc(N)c(F)cc1Cl. The van der Waals surface area contributed by atoms with E-state index in [1.165, 1.54) is 6.92 Å². The second-order valence-corrected chi connectivity index (χ2v) is 6.09. The van der Waals surface area contributed by atoms with Gasteiger partial charge in [0.15, 0.2) is 0 Å². The van der Waals surface area contributed by atoms with E-state index in [2.05, 4.69) is 4.72 Å². The van der Waals surface area contributed by atoms with E-state index in [1.807, 2.05) is 0 Å². The Balaban J connectivity index is 3.07. The van der Waals surface area contributed by atoms with Crippen molar-refractivity contribution in [3.8, 4) is 0 Å². The van der Waals surface area contributed by atoms with E-state index < -0.39 is 27.8 Å². The minimum Gasteiger partial charge on any atom is -0.396 e. The summed E-state index contributed by atoms with van der Waals surface area (Å²) in [5, 5.41) is -0.300. The highest BCUT2D eigenvalue weighted by Crippen LogP contribution is 2.26. The van der Waals surface area contributed by atoms with Crippen LogP contribution in [-0.4, -0.2) is 20.4 Å². The maximum atomic E-state index is 13.1. The molecule has 6 nitrogen and oxygen atoms in total. The maximum Gasteiger partial charge on any atom is 0.242 e. The molecule has 0 spiro atoms. The lowest BCUT2D eigenvalue weighted by Crippen LogP contribution is -2.35. The second kappa shape index (κ2) is 5.72. The number of nitrogen functional groups attached to an aromatic ring is 1. The van der Waals surface area contributed by atoms with Gasteiger partial charge in [-0.15, -0.1) is 0 Å². The molecular formula is C10H13ClFN3O3S. The zero-order valence-electron chi connectivity index (χ0n) is 9.98. The number of primary amides is 1. The lowest BCUT2D eigenvalue weighted by Gasteiger charge is -2.14. The zero-order valence-corrected chi connectivity index (χ0v) is 11.6. The Morgan fingerprint density at radius 1 is 1.53 bits per heavy atom. The maximum absolute atomic E-state index is 13.1. The molecule has 1 aromatic carbocycles. The molecule has 0 bridgehead atoms. The molecule has 19 heavy (non-hydrogen) atoms. The Morgan fingerprint density at radius 2 is 2.11 bits per heavy atom. The van der Waals surface area contributed by atoms with Crippen LogP contribution in [0.15, 0.2) is 17.0 Å². The number of rotatable bonds is 5. The van der Waals surface area contributed by atoms with Crippen molar-refractivity contribution in [2.75, 3.05) is 5.73 Å². The summed E-state index contributed by atoms with van der Waals surface area (Å²) in [5.41, 5.74) is 9.91. The van der Waals surface area contributed by atoms with Gasteiger partial charge in [0.1, 0.15) is 10.7 Å². The van der Waals surface area contributed by atoms with E-state index >= 15 is 0 Å². The number of carbonyl (C=O) groups excluding carboxylic acids is 1. The third kappa shape index (κ3) is 4.05. The molecule has 1 rings (SSSR count). The molecule has 1 atom stereocenters. The van der Waals surface area contributed by atoms with Gasteiger partial charge in [-0.2, -0.15) is 0 Å². The van der Waals surface area contributed by atoms with Crippen LogP contribution in [0.3, 0.4) is 0 Å².